The highest BCUT2D eigenvalue weighted by Gasteiger charge is 2.04. The van der Waals surface area contributed by atoms with Gasteiger partial charge < -0.3 is 15.4 Å². The summed E-state index contributed by atoms with van der Waals surface area (Å²) in [6.45, 7) is 0.677. The van der Waals surface area contributed by atoms with E-state index in [1.54, 1.807) is 37.6 Å². The topological polar surface area (TPSA) is 59.1 Å². The normalized spacial score (nSPS) is 10.3. The first-order valence-corrected chi connectivity index (χ1v) is 7.96. The van der Waals surface area contributed by atoms with Crippen molar-refractivity contribution in [3.63, 3.8) is 0 Å². The lowest BCUT2D eigenvalue weighted by Crippen LogP contribution is -2.09. The Kier molecular flexibility index (Phi) is 5.41. The molecule has 128 valence electrons. The molecule has 5 nitrogen and oxygen atoms in total. The van der Waals surface area contributed by atoms with Crippen molar-refractivity contribution in [3.05, 3.63) is 72.2 Å². The Hall–Kier alpha value is -3.15. The van der Waals surface area contributed by atoms with Gasteiger partial charge in [-0.3, -0.25) is 0 Å². The third kappa shape index (κ3) is 4.67. The number of methoxy groups -OCH3 is 1. The molecule has 0 aliphatic heterocycles. The van der Waals surface area contributed by atoms with Crippen LogP contribution < -0.4 is 15.4 Å². The number of anilines is 3. The summed E-state index contributed by atoms with van der Waals surface area (Å²) in [6.07, 6.45) is 2.44. The molecule has 6 heteroatoms. The minimum absolute atomic E-state index is 0.325. The smallest absolute Gasteiger partial charge is 0.224 e. The average molecular weight is 338 g/mol. The molecule has 0 amide bonds. The lowest BCUT2D eigenvalue weighted by molar-refractivity contribution is 0.414. The van der Waals surface area contributed by atoms with Gasteiger partial charge in [0.25, 0.3) is 0 Å². The Morgan fingerprint density at radius 1 is 1.08 bits per heavy atom. The molecule has 2 N–H and O–H groups in total. The molecule has 0 bridgehead atoms. The van der Waals surface area contributed by atoms with Crippen molar-refractivity contribution in [1.82, 2.24) is 9.97 Å². The fraction of sp³-hybridized carbons (Fsp3) is 0.158. The van der Waals surface area contributed by atoms with Gasteiger partial charge in [0.1, 0.15) is 17.4 Å². The first kappa shape index (κ1) is 16.7. The maximum absolute atomic E-state index is 13.7. The molecule has 0 aliphatic rings. The first-order chi connectivity index (χ1) is 12.2. The summed E-state index contributed by atoms with van der Waals surface area (Å²) in [5, 5.41) is 6.13. The van der Waals surface area contributed by atoms with E-state index in [4.69, 9.17) is 4.74 Å². The zero-order chi connectivity index (χ0) is 17.5. The zero-order valence-corrected chi connectivity index (χ0v) is 13.9. The van der Waals surface area contributed by atoms with E-state index in [0.717, 1.165) is 17.7 Å². The number of aromatic nitrogens is 2. The van der Waals surface area contributed by atoms with Crippen LogP contribution in [0, 0.1) is 5.82 Å². The number of nitrogens with zero attached hydrogens (tertiary/aromatic N) is 2. The summed E-state index contributed by atoms with van der Waals surface area (Å²) >= 11 is 0. The van der Waals surface area contributed by atoms with E-state index < -0.39 is 0 Å². The van der Waals surface area contributed by atoms with Gasteiger partial charge in [0.05, 0.1) is 12.8 Å². The van der Waals surface area contributed by atoms with Crippen LogP contribution >= 0.6 is 0 Å². The summed E-state index contributed by atoms with van der Waals surface area (Å²) in [7, 11) is 1.65. The first-order valence-electron chi connectivity index (χ1n) is 7.96. The quantitative estimate of drug-likeness (QED) is 0.681. The largest absolute Gasteiger partial charge is 0.497 e. The van der Waals surface area contributed by atoms with Crippen LogP contribution in [0.5, 0.6) is 5.75 Å². The Balaban J connectivity index is 1.59. The SMILES string of the molecule is COc1cccc(CCNc2nccc(Nc3ccccc3F)n2)c1. The van der Waals surface area contributed by atoms with Gasteiger partial charge in [-0.05, 0) is 42.3 Å². The van der Waals surface area contributed by atoms with E-state index in [1.165, 1.54) is 6.07 Å². The summed E-state index contributed by atoms with van der Waals surface area (Å²) < 4.78 is 18.9. The van der Waals surface area contributed by atoms with Gasteiger partial charge in [-0.1, -0.05) is 24.3 Å². The predicted molar refractivity (Wildman–Crippen MR) is 96.9 cm³/mol. The second-order valence-electron chi connectivity index (χ2n) is 5.40. The Morgan fingerprint density at radius 3 is 2.80 bits per heavy atom. The summed E-state index contributed by atoms with van der Waals surface area (Å²) in [5.74, 6) is 1.53. The lowest BCUT2D eigenvalue weighted by Gasteiger charge is -2.09. The number of hydrogen-bond acceptors (Lipinski definition) is 5. The van der Waals surface area contributed by atoms with Crippen LogP contribution in [0.2, 0.25) is 0 Å². The van der Waals surface area contributed by atoms with Gasteiger partial charge in [0, 0.05) is 12.7 Å². The van der Waals surface area contributed by atoms with Gasteiger partial charge in [-0.15, -0.1) is 0 Å². The van der Waals surface area contributed by atoms with E-state index in [-0.39, 0.29) is 5.82 Å². The third-order valence-electron chi connectivity index (χ3n) is 3.62. The Labute approximate surface area is 145 Å². The second-order valence-corrected chi connectivity index (χ2v) is 5.40. The fourth-order valence-corrected chi connectivity index (χ4v) is 2.36. The molecule has 3 aromatic rings. The van der Waals surface area contributed by atoms with E-state index in [2.05, 4.69) is 20.6 Å². The van der Waals surface area contributed by atoms with Crippen LogP contribution in [-0.4, -0.2) is 23.6 Å². The minimum Gasteiger partial charge on any atom is -0.497 e. The fourth-order valence-electron chi connectivity index (χ4n) is 2.36. The van der Waals surface area contributed by atoms with Crippen molar-refractivity contribution in [2.45, 2.75) is 6.42 Å². The van der Waals surface area contributed by atoms with Gasteiger partial charge in [-0.2, -0.15) is 4.98 Å². The summed E-state index contributed by atoms with van der Waals surface area (Å²) in [4.78, 5) is 8.54. The molecule has 1 aromatic heterocycles. The van der Waals surface area contributed by atoms with Crippen LogP contribution in [0.1, 0.15) is 5.56 Å². The highest BCUT2D eigenvalue weighted by Crippen LogP contribution is 2.18. The second kappa shape index (κ2) is 8.10. The molecule has 2 aromatic carbocycles. The van der Waals surface area contributed by atoms with E-state index in [1.807, 2.05) is 24.3 Å². The number of ether oxygens (including phenoxy) is 1. The van der Waals surface area contributed by atoms with Crippen molar-refractivity contribution in [3.8, 4) is 5.75 Å². The molecule has 0 saturated heterocycles. The molecule has 25 heavy (non-hydrogen) atoms. The molecule has 0 spiro atoms. The number of para-hydroxylation sites is 1. The molecule has 0 aliphatic carbocycles. The number of rotatable bonds is 7. The van der Waals surface area contributed by atoms with Gasteiger partial charge in [0.2, 0.25) is 5.95 Å². The maximum Gasteiger partial charge on any atom is 0.224 e. The van der Waals surface area contributed by atoms with Crippen molar-refractivity contribution < 1.29 is 9.13 Å². The molecule has 0 atom stereocenters. The summed E-state index contributed by atoms with van der Waals surface area (Å²) in [6, 6.07) is 16.1. The number of benzene rings is 2. The van der Waals surface area contributed by atoms with Crippen LogP contribution in [0.3, 0.4) is 0 Å². The molecular weight excluding hydrogens is 319 g/mol. The minimum atomic E-state index is -0.325. The standard InChI is InChI=1S/C19H19FN4O/c1-25-15-6-4-5-14(13-15)9-11-21-19-22-12-10-18(24-19)23-17-8-3-2-7-16(17)20/h2-8,10,12-13H,9,11H2,1H3,(H2,21,22,23,24). The Bertz CT molecular complexity index is 841. The van der Waals surface area contributed by atoms with Crippen LogP contribution in [0.4, 0.5) is 21.8 Å². The van der Waals surface area contributed by atoms with Crippen LogP contribution in [0.25, 0.3) is 0 Å². The highest BCUT2D eigenvalue weighted by molar-refractivity contribution is 5.57. The van der Waals surface area contributed by atoms with Crippen LogP contribution in [0.15, 0.2) is 60.8 Å². The monoisotopic (exact) mass is 338 g/mol. The van der Waals surface area contributed by atoms with Crippen molar-refractivity contribution >= 4 is 17.5 Å². The maximum atomic E-state index is 13.7. The number of hydrogen-bond donors (Lipinski definition) is 2. The average Bonchev–Trinajstić information content (AvgIpc) is 2.64. The van der Waals surface area contributed by atoms with Gasteiger partial charge in [-0.25, -0.2) is 9.37 Å². The molecule has 0 fully saturated rings. The number of halogens is 1. The van der Waals surface area contributed by atoms with Crippen molar-refractivity contribution in [2.24, 2.45) is 0 Å². The van der Waals surface area contributed by atoms with Gasteiger partial charge >= 0.3 is 0 Å². The van der Waals surface area contributed by atoms with Crippen molar-refractivity contribution in [2.75, 3.05) is 24.3 Å². The van der Waals surface area contributed by atoms with E-state index in [0.29, 0.717) is 24.0 Å². The van der Waals surface area contributed by atoms with Crippen LogP contribution in [-0.2, 0) is 6.42 Å². The number of nitrogens with one attached hydrogen (secondary N) is 2. The molecule has 0 radical (unpaired) electrons. The molecular formula is C19H19FN4O. The summed E-state index contributed by atoms with van der Waals surface area (Å²) in [5.41, 5.74) is 1.54. The van der Waals surface area contributed by atoms with E-state index >= 15 is 0 Å². The predicted octanol–water partition coefficient (Wildman–Crippen LogP) is 4.02. The van der Waals surface area contributed by atoms with E-state index in [9.17, 15) is 4.39 Å². The molecule has 0 saturated carbocycles. The lowest BCUT2D eigenvalue weighted by atomic mass is 10.1. The van der Waals surface area contributed by atoms with Crippen molar-refractivity contribution in [1.29, 1.82) is 0 Å². The molecule has 1 heterocycles. The van der Waals surface area contributed by atoms with Gasteiger partial charge in [0.15, 0.2) is 0 Å². The molecule has 3 rings (SSSR count). The highest BCUT2D eigenvalue weighted by atomic mass is 19.1. The third-order valence-corrected chi connectivity index (χ3v) is 3.62. The zero-order valence-electron chi connectivity index (χ0n) is 13.9. The molecule has 0 unspecified atom stereocenters. The Morgan fingerprint density at radius 2 is 1.96 bits per heavy atom.